The first-order valence-corrected chi connectivity index (χ1v) is 10.9. The molecule has 2 N–H and O–H groups in total. The minimum absolute atomic E-state index is 0.0411. The average molecular weight is 441 g/mol. The zero-order valence-electron chi connectivity index (χ0n) is 18.5. The van der Waals surface area contributed by atoms with Crippen molar-refractivity contribution in [3.63, 3.8) is 0 Å². The summed E-state index contributed by atoms with van der Waals surface area (Å²) in [7, 11) is 4.21. The van der Waals surface area contributed by atoms with Gasteiger partial charge >= 0.3 is 0 Å². The Morgan fingerprint density at radius 3 is 2.44 bits per heavy atom. The maximum atomic E-state index is 12.8. The monoisotopic (exact) mass is 440 g/mol. The molecular weight excluding hydrogens is 410 g/mol. The van der Waals surface area contributed by atoms with Crippen LogP contribution in [-0.4, -0.2) is 75.5 Å². The van der Waals surface area contributed by atoms with Crippen molar-refractivity contribution in [2.45, 2.75) is 12.5 Å². The first kappa shape index (κ1) is 22.3. The number of rotatable bonds is 6. The van der Waals surface area contributed by atoms with Crippen LogP contribution in [0.2, 0.25) is 0 Å². The van der Waals surface area contributed by atoms with Crippen molar-refractivity contribution in [2.24, 2.45) is 0 Å². The molecule has 1 amide bonds. The highest BCUT2D eigenvalue weighted by atomic mass is 16.8. The third-order valence-electron chi connectivity index (χ3n) is 6.18. The number of hydrogen-bond acceptors (Lipinski definition) is 8. The maximum Gasteiger partial charge on any atom is 0.255 e. The van der Waals surface area contributed by atoms with Crippen LogP contribution in [0.3, 0.4) is 0 Å². The number of carbonyl (C=O) groups is 1. The van der Waals surface area contributed by atoms with Crippen molar-refractivity contribution < 1.29 is 14.7 Å². The number of carbonyl (C=O) groups excluding carboxylic acids is 1. The van der Waals surface area contributed by atoms with Gasteiger partial charge in [-0.2, -0.15) is 0 Å². The van der Waals surface area contributed by atoms with Crippen LogP contribution in [0.15, 0.2) is 42.5 Å². The molecule has 9 nitrogen and oxygen atoms in total. The van der Waals surface area contributed by atoms with Gasteiger partial charge in [-0.15, -0.1) is 0 Å². The molecule has 0 aliphatic carbocycles. The highest BCUT2D eigenvalue weighted by Gasteiger charge is 2.24. The summed E-state index contributed by atoms with van der Waals surface area (Å²) >= 11 is 0. The third kappa shape index (κ3) is 4.97. The lowest BCUT2D eigenvalue weighted by Gasteiger charge is -2.34. The van der Waals surface area contributed by atoms with E-state index in [2.05, 4.69) is 29.2 Å². The van der Waals surface area contributed by atoms with E-state index >= 15 is 0 Å². The molecule has 2 aromatic rings. The van der Waals surface area contributed by atoms with E-state index in [1.807, 2.05) is 29.2 Å². The largest absolute Gasteiger partial charge is 0.733 e. The van der Waals surface area contributed by atoms with Crippen LogP contribution >= 0.6 is 0 Å². The smallest absolute Gasteiger partial charge is 0.255 e. The molecule has 0 bridgehead atoms. The standard InChI is InChI=1S/C23H30N5O4/c1-25(2)20-9-10-27(16-20)19-6-4-18(5-7-19)24-23(29)17-3-8-21(22(15-17)28(30)31)26-11-13-32-14-12-26/h3-8,15,20,30H,9-14,16H2,1-2H3,(H,24,29)/q-1. The molecule has 2 heterocycles. The Kier molecular flexibility index (Phi) is 6.80. The maximum absolute atomic E-state index is 12.8. The lowest BCUT2D eigenvalue weighted by molar-refractivity contribution is 0.102. The van der Waals surface area contributed by atoms with Gasteiger partial charge in [0.1, 0.15) is 0 Å². The Morgan fingerprint density at radius 1 is 1.09 bits per heavy atom. The number of benzene rings is 2. The van der Waals surface area contributed by atoms with E-state index in [4.69, 9.17) is 4.74 Å². The van der Waals surface area contributed by atoms with Crippen molar-refractivity contribution >= 4 is 28.7 Å². The second-order valence-electron chi connectivity index (χ2n) is 8.43. The molecule has 4 rings (SSSR count). The number of morpholine rings is 1. The molecule has 32 heavy (non-hydrogen) atoms. The van der Waals surface area contributed by atoms with Crippen molar-refractivity contribution in [3.05, 3.63) is 53.2 Å². The van der Waals surface area contributed by atoms with E-state index in [1.165, 1.54) is 6.07 Å². The van der Waals surface area contributed by atoms with Crippen molar-refractivity contribution in [3.8, 4) is 0 Å². The Hall–Kier alpha value is -2.85. The van der Waals surface area contributed by atoms with Gasteiger partial charge in [-0.25, -0.2) is 0 Å². The van der Waals surface area contributed by atoms with Crippen LogP contribution in [0.25, 0.3) is 0 Å². The molecule has 9 heteroatoms. The Labute approximate surface area is 188 Å². The van der Waals surface area contributed by atoms with Crippen molar-refractivity contribution in [2.75, 3.05) is 73.8 Å². The molecule has 0 spiro atoms. The Balaban J connectivity index is 1.44. The lowest BCUT2D eigenvalue weighted by atomic mass is 10.1. The fourth-order valence-corrected chi connectivity index (χ4v) is 4.25. The molecule has 1 atom stereocenters. The van der Waals surface area contributed by atoms with E-state index < -0.39 is 0 Å². The summed E-state index contributed by atoms with van der Waals surface area (Å²) in [5.74, 6) is -0.344. The fraction of sp³-hybridized carbons (Fsp3) is 0.435. The summed E-state index contributed by atoms with van der Waals surface area (Å²) in [4.78, 5) is 19.3. The van der Waals surface area contributed by atoms with E-state index in [9.17, 15) is 15.2 Å². The molecule has 1 unspecified atom stereocenters. The molecule has 0 aromatic heterocycles. The van der Waals surface area contributed by atoms with Crippen LogP contribution in [-0.2, 0) is 4.74 Å². The molecular formula is C23H30N5O4-. The Morgan fingerprint density at radius 2 is 1.81 bits per heavy atom. The third-order valence-corrected chi connectivity index (χ3v) is 6.18. The van der Waals surface area contributed by atoms with Gasteiger partial charge in [0.05, 0.1) is 24.6 Å². The summed E-state index contributed by atoms with van der Waals surface area (Å²) in [6.45, 7) is 4.34. The van der Waals surface area contributed by atoms with Gasteiger partial charge in [0, 0.05) is 49.2 Å². The van der Waals surface area contributed by atoms with Gasteiger partial charge in [0.15, 0.2) is 0 Å². The highest BCUT2D eigenvalue weighted by molar-refractivity contribution is 6.05. The normalized spacial score (nSPS) is 18.8. The molecule has 0 radical (unpaired) electrons. The predicted molar refractivity (Wildman–Crippen MR) is 126 cm³/mol. The SMILES string of the molecule is CN(C)C1CCN(c2ccc(NC(=O)c3ccc(N4CCOCC4)c(N([O-])O)c3)cc2)C1. The number of ether oxygens (including phenoxy) is 1. The quantitative estimate of drug-likeness (QED) is 0.662. The van der Waals surface area contributed by atoms with Gasteiger partial charge < -0.3 is 35.2 Å². The number of hydrogen-bond donors (Lipinski definition) is 2. The minimum Gasteiger partial charge on any atom is -0.733 e. The van der Waals surface area contributed by atoms with Gasteiger partial charge in [0.2, 0.25) is 0 Å². The summed E-state index contributed by atoms with van der Waals surface area (Å²) < 4.78 is 5.34. The molecule has 2 fully saturated rings. The van der Waals surface area contributed by atoms with Gasteiger partial charge in [-0.1, -0.05) is 0 Å². The van der Waals surface area contributed by atoms with Crippen LogP contribution in [0.4, 0.5) is 22.7 Å². The number of nitrogens with zero attached hydrogens (tertiary/aromatic N) is 4. The zero-order valence-corrected chi connectivity index (χ0v) is 18.5. The molecule has 2 aliphatic heterocycles. The topological polar surface area (TPSA) is 94.6 Å². The van der Waals surface area contributed by atoms with Crippen LogP contribution < -0.4 is 20.3 Å². The van der Waals surface area contributed by atoms with Crippen LogP contribution in [0.5, 0.6) is 0 Å². The second kappa shape index (κ2) is 9.74. The highest BCUT2D eigenvalue weighted by Crippen LogP contribution is 2.31. The van der Waals surface area contributed by atoms with Gasteiger partial charge in [-0.3, -0.25) is 10.0 Å². The fourth-order valence-electron chi connectivity index (χ4n) is 4.25. The summed E-state index contributed by atoms with van der Waals surface area (Å²) in [5.41, 5.74) is 2.72. The molecule has 2 aromatic carbocycles. The summed E-state index contributed by atoms with van der Waals surface area (Å²) in [6.07, 6.45) is 1.13. The number of anilines is 4. The second-order valence-corrected chi connectivity index (χ2v) is 8.43. The molecule has 172 valence electrons. The van der Waals surface area contributed by atoms with Crippen LogP contribution in [0, 0.1) is 5.21 Å². The number of nitrogens with one attached hydrogen (secondary N) is 1. The van der Waals surface area contributed by atoms with Gasteiger partial charge in [-0.05, 0) is 63.0 Å². The summed E-state index contributed by atoms with van der Waals surface area (Å²) in [6, 6.07) is 13.1. The predicted octanol–water partition coefficient (Wildman–Crippen LogP) is 2.61. The number of amides is 1. The first-order valence-electron chi connectivity index (χ1n) is 10.9. The van der Waals surface area contributed by atoms with Crippen LogP contribution in [0.1, 0.15) is 16.8 Å². The van der Waals surface area contributed by atoms with E-state index in [0.29, 0.717) is 49.3 Å². The summed E-state index contributed by atoms with van der Waals surface area (Å²) in [5, 5.41) is 24.0. The number of likely N-dealkylation sites (N-methyl/N-ethyl adjacent to an activating group) is 1. The molecule has 2 saturated heterocycles. The van der Waals surface area contributed by atoms with Gasteiger partial charge in [0.25, 0.3) is 5.91 Å². The lowest BCUT2D eigenvalue weighted by Crippen LogP contribution is -2.37. The molecule has 0 saturated carbocycles. The van der Waals surface area contributed by atoms with Crippen molar-refractivity contribution in [1.29, 1.82) is 0 Å². The average Bonchev–Trinajstić information content (AvgIpc) is 3.30. The first-order chi connectivity index (χ1) is 15.4. The molecule has 2 aliphatic rings. The van der Waals surface area contributed by atoms with Crippen molar-refractivity contribution in [1.82, 2.24) is 4.90 Å². The minimum atomic E-state index is -0.344. The Bertz CT molecular complexity index is 928. The zero-order chi connectivity index (χ0) is 22.7. The van der Waals surface area contributed by atoms with E-state index in [-0.39, 0.29) is 16.8 Å². The van der Waals surface area contributed by atoms with E-state index in [0.717, 1.165) is 25.2 Å². The van der Waals surface area contributed by atoms with E-state index in [1.54, 1.807) is 12.1 Å².